The number of hydrogen-bond acceptors (Lipinski definition) is 4. The van der Waals surface area contributed by atoms with Crippen LogP contribution in [0.1, 0.15) is 35.9 Å². The van der Waals surface area contributed by atoms with Gasteiger partial charge in [-0.15, -0.1) is 24.0 Å². The van der Waals surface area contributed by atoms with Crippen LogP contribution in [0.2, 0.25) is 0 Å². The van der Waals surface area contributed by atoms with Gasteiger partial charge in [-0.05, 0) is 44.4 Å². The molecule has 0 radical (unpaired) electrons. The van der Waals surface area contributed by atoms with Crippen LogP contribution >= 0.6 is 24.0 Å². The first kappa shape index (κ1) is 23.8. The van der Waals surface area contributed by atoms with Crippen molar-refractivity contribution in [3.8, 4) is 0 Å². The van der Waals surface area contributed by atoms with Gasteiger partial charge < -0.3 is 10.6 Å². The number of guanidine groups is 1. The summed E-state index contributed by atoms with van der Waals surface area (Å²) in [5.41, 5.74) is 4.62. The maximum absolute atomic E-state index is 4.73. The Balaban J connectivity index is 0.00000320. The van der Waals surface area contributed by atoms with E-state index in [1.807, 2.05) is 11.6 Å². The number of benzene rings is 1. The molecule has 0 amide bonds. The highest BCUT2D eigenvalue weighted by molar-refractivity contribution is 14.0. The molecule has 0 saturated carbocycles. The molecular weight excluding hydrogens is 491 g/mol. The van der Waals surface area contributed by atoms with Crippen molar-refractivity contribution in [1.82, 2.24) is 35.2 Å². The molecule has 2 aromatic heterocycles. The van der Waals surface area contributed by atoms with Crippen molar-refractivity contribution in [3.63, 3.8) is 0 Å². The normalized spacial score (nSPS) is 11.2. The van der Waals surface area contributed by atoms with Crippen LogP contribution in [0, 0.1) is 13.8 Å². The molecule has 1 aromatic carbocycles. The summed E-state index contributed by atoms with van der Waals surface area (Å²) in [6.45, 7) is 10.1. The number of hydrogen-bond donors (Lipinski definition) is 2. The minimum absolute atomic E-state index is 0. The van der Waals surface area contributed by atoms with E-state index in [4.69, 9.17) is 4.99 Å². The van der Waals surface area contributed by atoms with Crippen molar-refractivity contribution in [2.45, 2.75) is 46.8 Å². The van der Waals surface area contributed by atoms with Crippen molar-refractivity contribution in [3.05, 3.63) is 65.5 Å². The third kappa shape index (κ3) is 7.43. The first-order valence-corrected chi connectivity index (χ1v) is 10.1. The smallest absolute Gasteiger partial charge is 0.191 e. The first-order chi connectivity index (χ1) is 14.1. The lowest BCUT2D eigenvalue weighted by molar-refractivity contribution is 0.555. The van der Waals surface area contributed by atoms with Crippen molar-refractivity contribution in [1.29, 1.82) is 0 Å². The molecule has 0 aliphatic heterocycles. The lowest BCUT2D eigenvalue weighted by Gasteiger charge is -2.12. The third-order valence-corrected chi connectivity index (χ3v) is 4.51. The summed E-state index contributed by atoms with van der Waals surface area (Å²) < 4.78 is 3.87. The Hall–Kier alpha value is -2.43. The van der Waals surface area contributed by atoms with E-state index in [0.29, 0.717) is 13.1 Å². The molecule has 0 spiro atoms. The topological polar surface area (TPSA) is 85.0 Å². The van der Waals surface area contributed by atoms with Gasteiger partial charge in [-0.1, -0.05) is 24.3 Å². The molecule has 8 nitrogen and oxygen atoms in total. The minimum atomic E-state index is 0. The molecule has 0 aliphatic carbocycles. The number of aromatic nitrogens is 5. The van der Waals surface area contributed by atoms with E-state index in [1.54, 1.807) is 12.7 Å². The fraction of sp³-hybridized carbons (Fsp3) is 0.429. The van der Waals surface area contributed by atoms with Gasteiger partial charge in [0.25, 0.3) is 0 Å². The highest BCUT2D eigenvalue weighted by atomic mass is 127. The number of aryl methyl sites for hydroxylation is 3. The minimum Gasteiger partial charge on any atom is -0.357 e. The second kappa shape index (κ2) is 12.3. The molecule has 3 aromatic rings. The largest absolute Gasteiger partial charge is 0.357 e. The van der Waals surface area contributed by atoms with Gasteiger partial charge in [-0.25, -0.2) is 14.7 Å². The Labute approximate surface area is 195 Å². The van der Waals surface area contributed by atoms with Gasteiger partial charge in [-0.2, -0.15) is 10.2 Å². The van der Waals surface area contributed by atoms with Gasteiger partial charge in [0, 0.05) is 25.3 Å². The predicted octanol–water partition coefficient (Wildman–Crippen LogP) is 2.90. The van der Waals surface area contributed by atoms with Crippen molar-refractivity contribution < 1.29 is 0 Å². The number of aliphatic imine (C=N–C) groups is 1. The Morgan fingerprint density at radius 2 is 1.97 bits per heavy atom. The second-order valence-electron chi connectivity index (χ2n) is 7.04. The highest BCUT2D eigenvalue weighted by Gasteiger charge is 2.02. The van der Waals surface area contributed by atoms with Gasteiger partial charge in [0.15, 0.2) is 5.96 Å². The van der Waals surface area contributed by atoms with E-state index >= 15 is 0 Å². The van der Waals surface area contributed by atoms with Crippen molar-refractivity contribution >= 4 is 29.9 Å². The maximum Gasteiger partial charge on any atom is 0.191 e. The first-order valence-electron chi connectivity index (χ1n) is 10.1. The summed E-state index contributed by atoms with van der Waals surface area (Å²) in [6, 6.07) is 10.5. The lowest BCUT2D eigenvalue weighted by atomic mass is 10.1. The molecule has 2 N–H and O–H groups in total. The van der Waals surface area contributed by atoms with E-state index < -0.39 is 0 Å². The Morgan fingerprint density at radius 3 is 2.67 bits per heavy atom. The Kier molecular flexibility index (Phi) is 9.78. The summed E-state index contributed by atoms with van der Waals surface area (Å²) in [5.74, 6) is 0.836. The zero-order chi connectivity index (χ0) is 20.5. The Morgan fingerprint density at radius 1 is 1.13 bits per heavy atom. The molecule has 0 atom stereocenters. The SMILES string of the molecule is CCNC(=NCc1cccc(Cn2cncn2)c1)NCCCn1nc(C)cc1C.I. The molecule has 9 heteroatoms. The van der Waals surface area contributed by atoms with Gasteiger partial charge in [0.05, 0.1) is 18.8 Å². The van der Waals surface area contributed by atoms with E-state index in [-0.39, 0.29) is 24.0 Å². The zero-order valence-corrected chi connectivity index (χ0v) is 20.2. The number of nitrogens with zero attached hydrogens (tertiary/aromatic N) is 6. The van der Waals surface area contributed by atoms with E-state index in [2.05, 4.69) is 74.7 Å². The molecule has 30 heavy (non-hydrogen) atoms. The predicted molar refractivity (Wildman–Crippen MR) is 130 cm³/mol. The molecule has 0 fully saturated rings. The molecular formula is C21H31IN8. The number of rotatable bonds is 9. The van der Waals surface area contributed by atoms with Gasteiger partial charge in [0.1, 0.15) is 12.7 Å². The fourth-order valence-electron chi connectivity index (χ4n) is 3.18. The second-order valence-corrected chi connectivity index (χ2v) is 7.04. The lowest BCUT2D eigenvalue weighted by Crippen LogP contribution is -2.38. The van der Waals surface area contributed by atoms with Crippen LogP contribution in [0.25, 0.3) is 0 Å². The van der Waals surface area contributed by atoms with Gasteiger partial charge in [0.2, 0.25) is 0 Å². The van der Waals surface area contributed by atoms with Crippen LogP contribution in [-0.2, 0) is 19.6 Å². The molecule has 3 rings (SSSR count). The van der Waals surface area contributed by atoms with Crippen LogP contribution < -0.4 is 10.6 Å². The van der Waals surface area contributed by atoms with Gasteiger partial charge in [-0.3, -0.25) is 4.68 Å². The molecule has 162 valence electrons. The molecule has 0 aliphatic rings. The summed E-state index contributed by atoms with van der Waals surface area (Å²) in [6.07, 6.45) is 4.27. The van der Waals surface area contributed by atoms with Crippen molar-refractivity contribution in [2.75, 3.05) is 13.1 Å². The van der Waals surface area contributed by atoms with Crippen molar-refractivity contribution in [2.24, 2.45) is 4.99 Å². The maximum atomic E-state index is 4.73. The molecule has 2 heterocycles. The summed E-state index contributed by atoms with van der Waals surface area (Å²) in [5, 5.41) is 15.4. The molecule has 0 saturated heterocycles. The van der Waals surface area contributed by atoms with E-state index in [0.717, 1.165) is 37.7 Å². The zero-order valence-electron chi connectivity index (χ0n) is 17.9. The van der Waals surface area contributed by atoms with Crippen LogP contribution in [0.3, 0.4) is 0 Å². The summed E-state index contributed by atoms with van der Waals surface area (Å²) >= 11 is 0. The monoisotopic (exact) mass is 522 g/mol. The number of nitrogens with one attached hydrogen (secondary N) is 2. The quantitative estimate of drug-likeness (QED) is 0.196. The van der Waals surface area contributed by atoms with Gasteiger partial charge >= 0.3 is 0 Å². The van der Waals surface area contributed by atoms with Crippen LogP contribution in [-0.4, -0.2) is 43.6 Å². The molecule has 0 bridgehead atoms. The fourth-order valence-corrected chi connectivity index (χ4v) is 3.18. The van der Waals surface area contributed by atoms with E-state index in [1.165, 1.54) is 16.8 Å². The third-order valence-electron chi connectivity index (χ3n) is 4.51. The summed E-state index contributed by atoms with van der Waals surface area (Å²) in [7, 11) is 0. The number of halogens is 1. The highest BCUT2D eigenvalue weighted by Crippen LogP contribution is 2.08. The standard InChI is InChI=1S/C21H30N8.HI/c1-4-23-21(24-9-6-10-29-18(3)11-17(2)27-29)25-13-19-7-5-8-20(12-19)14-28-16-22-15-26-28;/h5,7-8,11-12,15-16H,4,6,9-10,13-14H2,1-3H3,(H2,23,24,25);1H. The van der Waals surface area contributed by atoms with E-state index in [9.17, 15) is 0 Å². The average molecular weight is 522 g/mol. The summed E-state index contributed by atoms with van der Waals surface area (Å²) in [4.78, 5) is 8.71. The Bertz CT molecular complexity index is 917. The molecule has 0 unspecified atom stereocenters. The average Bonchev–Trinajstić information content (AvgIpc) is 3.32. The van der Waals surface area contributed by atoms with Crippen LogP contribution in [0.4, 0.5) is 0 Å². The van der Waals surface area contributed by atoms with Crippen LogP contribution in [0.5, 0.6) is 0 Å². The van der Waals surface area contributed by atoms with Crippen LogP contribution in [0.15, 0.2) is 48.0 Å².